The highest BCUT2D eigenvalue weighted by atomic mass is 32.2. The van der Waals surface area contributed by atoms with E-state index in [0.29, 0.717) is 5.75 Å². The Morgan fingerprint density at radius 1 is 0.759 bits per heavy atom. The van der Waals surface area contributed by atoms with Crippen LogP contribution in [0.4, 0.5) is 0 Å². The Bertz CT molecular complexity index is 1020. The van der Waals surface area contributed by atoms with Gasteiger partial charge in [-0.05, 0) is 42.3 Å². The fraction of sp³-hybridized carbons (Fsp3) is 0.250. The van der Waals surface area contributed by atoms with E-state index in [4.69, 9.17) is 8.92 Å². The van der Waals surface area contributed by atoms with Gasteiger partial charge < -0.3 is 4.74 Å². The van der Waals surface area contributed by atoms with Gasteiger partial charge in [-0.3, -0.25) is 4.18 Å². The van der Waals surface area contributed by atoms with Crippen molar-refractivity contribution in [2.24, 2.45) is 0 Å². The molecule has 0 aliphatic carbocycles. The van der Waals surface area contributed by atoms with Crippen LogP contribution >= 0.6 is 0 Å². The van der Waals surface area contributed by atoms with Crippen LogP contribution < -0.4 is 4.74 Å². The third-order valence-electron chi connectivity index (χ3n) is 4.97. The van der Waals surface area contributed by atoms with Crippen molar-refractivity contribution in [2.75, 3.05) is 13.2 Å². The first kappa shape index (κ1) is 21.1. The molecule has 4 nitrogen and oxygen atoms in total. The Hall–Kier alpha value is -2.63. The molecule has 0 amide bonds. The summed E-state index contributed by atoms with van der Waals surface area (Å²) < 4.78 is 35.0. The highest BCUT2D eigenvalue weighted by Crippen LogP contribution is 2.32. The monoisotopic (exact) mass is 410 g/mol. The zero-order chi connectivity index (χ0) is 20.9. The van der Waals surface area contributed by atoms with Crippen molar-refractivity contribution in [1.82, 2.24) is 0 Å². The maximum atomic E-state index is 12.2. The molecule has 3 aromatic rings. The predicted molar refractivity (Wildman–Crippen MR) is 115 cm³/mol. The summed E-state index contributed by atoms with van der Waals surface area (Å²) in [6, 6.07) is 24.8. The molecular formula is C24H26O4S. The minimum atomic E-state index is -3.77. The van der Waals surface area contributed by atoms with Gasteiger partial charge >= 0.3 is 0 Å². The largest absolute Gasteiger partial charge is 0.491 e. The molecule has 0 aromatic heterocycles. The van der Waals surface area contributed by atoms with Crippen molar-refractivity contribution in [2.45, 2.75) is 31.1 Å². The van der Waals surface area contributed by atoms with Crippen LogP contribution in [0, 0.1) is 6.92 Å². The van der Waals surface area contributed by atoms with Crippen molar-refractivity contribution in [3.63, 3.8) is 0 Å². The number of benzene rings is 3. The highest BCUT2D eigenvalue weighted by Gasteiger charge is 2.22. The summed E-state index contributed by atoms with van der Waals surface area (Å²) >= 11 is 0. The molecule has 0 saturated carbocycles. The van der Waals surface area contributed by atoms with Crippen LogP contribution in [0.25, 0.3) is 0 Å². The van der Waals surface area contributed by atoms with Gasteiger partial charge in [-0.25, -0.2) is 0 Å². The molecule has 3 rings (SSSR count). The van der Waals surface area contributed by atoms with Gasteiger partial charge in [0.05, 0.1) is 4.90 Å². The van der Waals surface area contributed by atoms with Gasteiger partial charge in [0.25, 0.3) is 10.1 Å². The topological polar surface area (TPSA) is 52.6 Å². The van der Waals surface area contributed by atoms with E-state index in [0.717, 1.165) is 5.56 Å². The van der Waals surface area contributed by atoms with E-state index in [1.54, 1.807) is 24.3 Å². The first-order valence-electron chi connectivity index (χ1n) is 9.54. The molecule has 29 heavy (non-hydrogen) atoms. The van der Waals surface area contributed by atoms with E-state index in [1.807, 2.05) is 49.4 Å². The summed E-state index contributed by atoms with van der Waals surface area (Å²) in [4.78, 5) is 0.149. The highest BCUT2D eigenvalue weighted by molar-refractivity contribution is 7.86. The van der Waals surface area contributed by atoms with Gasteiger partial charge in [-0.2, -0.15) is 8.42 Å². The molecule has 5 heteroatoms. The molecule has 0 aliphatic rings. The SMILES string of the molecule is Cc1ccc(S(=O)(=O)OCCOc2ccc(C(C)(C)c3ccccc3)cc2)cc1. The molecular weight excluding hydrogens is 384 g/mol. The average Bonchev–Trinajstić information content (AvgIpc) is 2.72. The molecule has 0 saturated heterocycles. The van der Waals surface area contributed by atoms with Crippen LogP contribution in [-0.4, -0.2) is 21.6 Å². The van der Waals surface area contributed by atoms with Gasteiger partial charge in [-0.15, -0.1) is 0 Å². The van der Waals surface area contributed by atoms with E-state index in [-0.39, 0.29) is 23.5 Å². The van der Waals surface area contributed by atoms with Gasteiger partial charge in [0, 0.05) is 5.41 Å². The molecule has 0 fully saturated rings. The van der Waals surface area contributed by atoms with Crippen molar-refractivity contribution in [3.8, 4) is 5.75 Å². The van der Waals surface area contributed by atoms with Crippen LogP contribution in [0.2, 0.25) is 0 Å². The standard InChI is InChI=1S/C24H26O4S/c1-19-9-15-23(16-10-19)29(25,26)28-18-17-27-22-13-11-21(12-14-22)24(2,3)20-7-5-4-6-8-20/h4-16H,17-18H2,1-3H3. The predicted octanol–water partition coefficient (Wildman–Crippen LogP) is 5.11. The summed E-state index contributed by atoms with van der Waals surface area (Å²) in [6.07, 6.45) is 0. The number of hydrogen-bond donors (Lipinski definition) is 0. The zero-order valence-corrected chi connectivity index (χ0v) is 17.8. The summed E-state index contributed by atoms with van der Waals surface area (Å²) in [7, 11) is -3.77. The molecule has 0 aliphatic heterocycles. The summed E-state index contributed by atoms with van der Waals surface area (Å²) in [5.41, 5.74) is 3.29. The molecule has 0 N–H and O–H groups in total. The van der Waals surface area contributed by atoms with Crippen molar-refractivity contribution < 1.29 is 17.3 Å². The minimum Gasteiger partial charge on any atom is -0.491 e. The summed E-state index contributed by atoms with van der Waals surface area (Å²) in [5, 5.41) is 0. The first-order valence-corrected chi connectivity index (χ1v) is 10.9. The van der Waals surface area contributed by atoms with Crippen molar-refractivity contribution in [3.05, 3.63) is 95.6 Å². The van der Waals surface area contributed by atoms with E-state index < -0.39 is 10.1 Å². The molecule has 0 heterocycles. The van der Waals surface area contributed by atoms with Gasteiger partial charge in [0.2, 0.25) is 0 Å². The Kier molecular flexibility index (Phi) is 6.40. The number of ether oxygens (including phenoxy) is 1. The van der Waals surface area contributed by atoms with E-state index >= 15 is 0 Å². The van der Waals surface area contributed by atoms with E-state index in [2.05, 4.69) is 26.0 Å². The lowest BCUT2D eigenvalue weighted by Crippen LogP contribution is -2.18. The molecule has 0 unspecified atom stereocenters. The quantitative estimate of drug-likeness (QED) is 0.383. The molecule has 0 atom stereocenters. The molecule has 0 spiro atoms. The fourth-order valence-electron chi connectivity index (χ4n) is 3.07. The van der Waals surface area contributed by atoms with Crippen molar-refractivity contribution in [1.29, 1.82) is 0 Å². The fourth-order valence-corrected chi connectivity index (χ4v) is 3.96. The molecule has 3 aromatic carbocycles. The van der Waals surface area contributed by atoms with Crippen LogP contribution in [0.15, 0.2) is 83.8 Å². The summed E-state index contributed by atoms with van der Waals surface area (Å²) in [5.74, 6) is 0.675. The number of rotatable bonds is 8. The second-order valence-electron chi connectivity index (χ2n) is 7.45. The second-order valence-corrected chi connectivity index (χ2v) is 9.07. The van der Waals surface area contributed by atoms with Gasteiger partial charge in [0.15, 0.2) is 0 Å². The second kappa shape index (κ2) is 8.80. The molecule has 0 radical (unpaired) electrons. The third kappa shape index (κ3) is 5.25. The van der Waals surface area contributed by atoms with E-state index in [9.17, 15) is 8.42 Å². The lowest BCUT2D eigenvalue weighted by molar-refractivity contribution is 0.221. The van der Waals surface area contributed by atoms with Crippen LogP contribution in [0.3, 0.4) is 0 Å². The maximum absolute atomic E-state index is 12.2. The first-order chi connectivity index (χ1) is 13.8. The van der Waals surface area contributed by atoms with Crippen molar-refractivity contribution >= 4 is 10.1 Å². The van der Waals surface area contributed by atoms with E-state index in [1.165, 1.54) is 11.1 Å². The van der Waals surface area contributed by atoms with Crippen LogP contribution in [0.5, 0.6) is 5.75 Å². The Labute approximate surface area is 173 Å². The Balaban J connectivity index is 1.55. The summed E-state index contributed by atoms with van der Waals surface area (Å²) in [6.45, 7) is 6.36. The lowest BCUT2D eigenvalue weighted by atomic mass is 9.78. The molecule has 152 valence electrons. The Morgan fingerprint density at radius 3 is 1.97 bits per heavy atom. The minimum absolute atomic E-state index is 0.0481. The normalized spacial score (nSPS) is 12.0. The maximum Gasteiger partial charge on any atom is 0.297 e. The average molecular weight is 411 g/mol. The van der Waals surface area contributed by atoms with Crippen LogP contribution in [-0.2, 0) is 19.7 Å². The lowest BCUT2D eigenvalue weighted by Gasteiger charge is -2.26. The smallest absolute Gasteiger partial charge is 0.297 e. The number of hydrogen-bond acceptors (Lipinski definition) is 4. The van der Waals surface area contributed by atoms with Gasteiger partial charge in [-0.1, -0.05) is 74.0 Å². The zero-order valence-electron chi connectivity index (χ0n) is 17.0. The van der Waals surface area contributed by atoms with Crippen LogP contribution in [0.1, 0.15) is 30.5 Å². The third-order valence-corrected chi connectivity index (χ3v) is 6.30. The number of aryl methyl sites for hydroxylation is 1. The van der Waals surface area contributed by atoms with Gasteiger partial charge in [0.1, 0.15) is 19.0 Å². The molecule has 0 bridgehead atoms. The Morgan fingerprint density at radius 2 is 1.34 bits per heavy atom.